The molecule has 0 radical (unpaired) electrons. The smallest absolute Gasteiger partial charge is 0.451 e. The number of morpholine rings is 1. The Hall–Kier alpha value is -4.61. The van der Waals surface area contributed by atoms with Crippen molar-refractivity contribution in [3.05, 3.63) is 99.3 Å². The van der Waals surface area contributed by atoms with Crippen LogP contribution in [-0.4, -0.2) is 61.5 Å². The maximum absolute atomic E-state index is 14.0. The molecular weight excluding hydrogens is 546 g/mol. The Labute approximate surface area is 238 Å². The van der Waals surface area contributed by atoms with E-state index in [0.717, 1.165) is 27.8 Å². The van der Waals surface area contributed by atoms with Gasteiger partial charge in [-0.1, -0.05) is 48.5 Å². The molecule has 0 N–H and O–H groups in total. The van der Waals surface area contributed by atoms with E-state index in [1.165, 1.54) is 18.1 Å². The quantitative estimate of drug-likeness (QED) is 0.265. The van der Waals surface area contributed by atoms with Gasteiger partial charge in [-0.2, -0.15) is 0 Å². The van der Waals surface area contributed by atoms with Gasteiger partial charge >= 0.3 is 6.16 Å². The molecule has 7 rings (SSSR count). The molecule has 4 aromatic rings. The van der Waals surface area contributed by atoms with Crippen molar-refractivity contribution < 1.29 is 28.5 Å². The second-order valence-corrected chi connectivity index (χ2v) is 10.7. The summed E-state index contributed by atoms with van der Waals surface area (Å²) < 4.78 is 22.6. The standard InChI is InChI=1S/C30H25N3O7S/c1-37-30(36)40-17-39-27-23(34)10-12-32-26(27)29(35)31-13-14-38-16-24(31)33(32)25-19-7-3-2-6-18(19)22-11-15-41-28(22)21-9-5-4-8-20(21)25/h2-12,15,24-25H,13-14,16-17H2,1H3. The van der Waals surface area contributed by atoms with E-state index < -0.39 is 24.5 Å². The van der Waals surface area contributed by atoms with Crippen molar-refractivity contribution in [3.63, 3.8) is 0 Å². The minimum absolute atomic E-state index is 0.0538. The summed E-state index contributed by atoms with van der Waals surface area (Å²) >= 11 is 1.69. The number of ether oxygens (including phenoxy) is 4. The monoisotopic (exact) mass is 571 g/mol. The summed E-state index contributed by atoms with van der Waals surface area (Å²) in [5, 5.41) is 4.20. The summed E-state index contributed by atoms with van der Waals surface area (Å²) in [6.07, 6.45) is 0.171. The zero-order chi connectivity index (χ0) is 28.1. The van der Waals surface area contributed by atoms with Crippen LogP contribution in [0.25, 0.3) is 21.6 Å². The van der Waals surface area contributed by atoms with Crippen molar-refractivity contribution in [2.75, 3.05) is 38.7 Å². The third-order valence-corrected chi connectivity index (χ3v) is 8.63. The van der Waals surface area contributed by atoms with Gasteiger partial charge in [-0.25, -0.2) is 4.79 Å². The van der Waals surface area contributed by atoms with E-state index in [1.54, 1.807) is 27.1 Å². The van der Waals surface area contributed by atoms with Crippen LogP contribution in [0.4, 0.5) is 4.79 Å². The van der Waals surface area contributed by atoms with Gasteiger partial charge in [0.05, 0.1) is 26.4 Å². The Balaban J connectivity index is 1.46. The third kappa shape index (κ3) is 3.99. The number of pyridine rings is 1. The molecule has 4 heterocycles. The molecule has 11 heteroatoms. The molecule has 41 heavy (non-hydrogen) atoms. The fraction of sp³-hybridized carbons (Fsp3) is 0.233. The van der Waals surface area contributed by atoms with Crippen molar-refractivity contribution in [3.8, 4) is 27.3 Å². The molecule has 3 aliphatic rings. The van der Waals surface area contributed by atoms with Gasteiger partial charge in [0, 0.05) is 29.2 Å². The van der Waals surface area contributed by atoms with E-state index in [1.807, 2.05) is 24.3 Å². The van der Waals surface area contributed by atoms with E-state index >= 15 is 0 Å². The fourth-order valence-corrected chi connectivity index (χ4v) is 6.92. The summed E-state index contributed by atoms with van der Waals surface area (Å²) in [7, 11) is 1.17. The number of aromatic nitrogens is 1. The number of thiophene rings is 1. The fourth-order valence-electron chi connectivity index (χ4n) is 5.96. The molecule has 2 unspecified atom stereocenters. The van der Waals surface area contributed by atoms with Gasteiger partial charge in [0.25, 0.3) is 5.91 Å². The molecule has 1 fully saturated rings. The third-order valence-electron chi connectivity index (χ3n) is 7.68. The highest BCUT2D eigenvalue weighted by molar-refractivity contribution is 7.14. The molecule has 2 aliphatic heterocycles. The summed E-state index contributed by atoms with van der Waals surface area (Å²) in [6, 6.07) is 19.7. The molecule has 208 valence electrons. The van der Waals surface area contributed by atoms with Gasteiger partial charge in [-0.15, -0.1) is 11.3 Å². The van der Waals surface area contributed by atoms with Crippen molar-refractivity contribution in [2.45, 2.75) is 12.2 Å². The Kier molecular flexibility index (Phi) is 6.25. The maximum Gasteiger partial charge on any atom is 0.510 e. The average Bonchev–Trinajstić information content (AvgIpc) is 3.46. The number of carbonyl (C=O) groups excluding carboxylic acids is 2. The number of benzene rings is 2. The zero-order valence-electron chi connectivity index (χ0n) is 22.0. The molecule has 1 amide bonds. The first-order chi connectivity index (χ1) is 20.1. The summed E-state index contributed by atoms with van der Waals surface area (Å²) in [5.41, 5.74) is 5.00. The van der Waals surface area contributed by atoms with E-state index in [-0.39, 0.29) is 30.0 Å². The number of methoxy groups -OCH3 is 1. The molecule has 2 atom stereocenters. The average molecular weight is 572 g/mol. The highest BCUT2D eigenvalue weighted by atomic mass is 32.1. The topological polar surface area (TPSA) is 99.5 Å². The van der Waals surface area contributed by atoms with E-state index in [4.69, 9.17) is 14.2 Å². The van der Waals surface area contributed by atoms with Crippen LogP contribution in [0.15, 0.2) is 77.0 Å². The molecule has 10 nitrogen and oxygen atoms in total. The molecular formula is C30H25N3O7S. The number of amides is 1. The SMILES string of the molecule is COC(=O)OCOc1c2n(ccc1=O)N(C1c3ccccc3-c3ccsc3-c3ccccc31)C1COCCN1C2=O. The Morgan fingerprint density at radius 2 is 1.76 bits per heavy atom. The number of hydrogen-bond donors (Lipinski definition) is 0. The number of fused-ring (bicyclic) bond motifs is 7. The van der Waals surface area contributed by atoms with Gasteiger partial charge < -0.3 is 23.8 Å². The van der Waals surface area contributed by atoms with E-state index in [9.17, 15) is 14.4 Å². The van der Waals surface area contributed by atoms with Crippen LogP contribution in [0.3, 0.4) is 0 Å². The number of carbonyl (C=O) groups is 2. The maximum atomic E-state index is 14.0. The molecule has 0 bridgehead atoms. The Morgan fingerprint density at radius 3 is 2.56 bits per heavy atom. The van der Waals surface area contributed by atoms with E-state index in [0.29, 0.717) is 13.2 Å². The van der Waals surface area contributed by atoms with Gasteiger partial charge in [-0.3, -0.25) is 19.3 Å². The summed E-state index contributed by atoms with van der Waals surface area (Å²) in [6.45, 7) is 0.393. The number of rotatable bonds is 4. The Bertz CT molecular complexity index is 1670. The predicted octanol–water partition coefficient (Wildman–Crippen LogP) is 4.22. The molecule has 2 aromatic heterocycles. The van der Waals surface area contributed by atoms with Crippen LogP contribution in [0.5, 0.6) is 5.75 Å². The highest BCUT2D eigenvalue weighted by Gasteiger charge is 2.46. The van der Waals surface area contributed by atoms with Gasteiger partial charge in [0.15, 0.2) is 5.69 Å². The molecule has 2 aromatic carbocycles. The first-order valence-corrected chi connectivity index (χ1v) is 14.0. The molecule has 1 saturated heterocycles. The summed E-state index contributed by atoms with van der Waals surface area (Å²) in [5.74, 6) is -0.569. The van der Waals surface area contributed by atoms with Crippen LogP contribution >= 0.6 is 11.3 Å². The van der Waals surface area contributed by atoms with Crippen LogP contribution in [0.2, 0.25) is 0 Å². The van der Waals surface area contributed by atoms with Crippen LogP contribution in [0.1, 0.15) is 27.7 Å². The second-order valence-electron chi connectivity index (χ2n) is 9.74. The minimum atomic E-state index is -0.963. The zero-order valence-corrected chi connectivity index (χ0v) is 22.8. The van der Waals surface area contributed by atoms with Crippen molar-refractivity contribution in [2.24, 2.45) is 0 Å². The van der Waals surface area contributed by atoms with Crippen LogP contribution in [-0.2, 0) is 14.2 Å². The first kappa shape index (κ1) is 25.4. The molecule has 1 aliphatic carbocycles. The molecule has 0 spiro atoms. The van der Waals surface area contributed by atoms with Crippen molar-refractivity contribution in [1.29, 1.82) is 0 Å². The highest BCUT2D eigenvalue weighted by Crippen LogP contribution is 2.49. The van der Waals surface area contributed by atoms with Gasteiger partial charge in [0.1, 0.15) is 6.17 Å². The Morgan fingerprint density at radius 1 is 1.00 bits per heavy atom. The van der Waals surface area contributed by atoms with Gasteiger partial charge in [0.2, 0.25) is 18.0 Å². The summed E-state index contributed by atoms with van der Waals surface area (Å²) in [4.78, 5) is 41.5. The number of nitrogens with zero attached hydrogens (tertiary/aromatic N) is 3. The largest absolute Gasteiger partial charge is 0.510 e. The van der Waals surface area contributed by atoms with Gasteiger partial charge in [-0.05, 0) is 33.7 Å². The van der Waals surface area contributed by atoms with Crippen LogP contribution < -0.4 is 15.2 Å². The normalized spacial score (nSPS) is 18.7. The van der Waals surface area contributed by atoms with E-state index in [2.05, 4.69) is 45.5 Å². The first-order valence-electron chi connectivity index (χ1n) is 13.1. The lowest BCUT2D eigenvalue weighted by Gasteiger charge is -2.51. The second kappa shape index (κ2) is 10.1. The number of hydrogen-bond acceptors (Lipinski definition) is 9. The van der Waals surface area contributed by atoms with Crippen molar-refractivity contribution in [1.82, 2.24) is 9.58 Å². The minimum Gasteiger partial charge on any atom is -0.451 e. The predicted molar refractivity (Wildman–Crippen MR) is 151 cm³/mol. The lowest BCUT2D eigenvalue weighted by molar-refractivity contribution is -0.0208. The lowest BCUT2D eigenvalue weighted by Crippen LogP contribution is -2.66. The lowest BCUT2D eigenvalue weighted by atomic mass is 9.92. The van der Waals surface area contributed by atoms with Crippen LogP contribution in [0, 0.1) is 0 Å². The molecule has 0 saturated carbocycles. The van der Waals surface area contributed by atoms with Crippen molar-refractivity contribution >= 4 is 23.4 Å².